The summed E-state index contributed by atoms with van der Waals surface area (Å²) in [5, 5.41) is 3.92. The number of rotatable bonds is 11. The number of benzene rings is 2. The smallest absolute Gasteiger partial charge is 0.244 e. The molecule has 0 aliphatic rings. The van der Waals surface area contributed by atoms with Crippen molar-refractivity contribution < 1.29 is 18.0 Å². The van der Waals surface area contributed by atoms with E-state index < -0.39 is 28.5 Å². The Hall–Kier alpha value is -2.00. The highest BCUT2D eigenvalue weighted by atomic mass is 35.5. The van der Waals surface area contributed by atoms with E-state index in [4.69, 9.17) is 34.8 Å². The average molecular weight is 549 g/mol. The zero-order valence-corrected chi connectivity index (χ0v) is 22.3. The minimum Gasteiger partial charge on any atom is -0.354 e. The average Bonchev–Trinajstić information content (AvgIpc) is 2.77. The number of amides is 2. The molecule has 1 N–H and O–H groups in total. The van der Waals surface area contributed by atoms with Crippen LogP contribution in [0.3, 0.4) is 0 Å². The van der Waals surface area contributed by atoms with Crippen molar-refractivity contribution in [1.29, 1.82) is 0 Å². The van der Waals surface area contributed by atoms with Gasteiger partial charge >= 0.3 is 0 Å². The summed E-state index contributed by atoms with van der Waals surface area (Å²) < 4.78 is 26.0. The molecule has 7 nitrogen and oxygen atoms in total. The molecule has 0 fully saturated rings. The fourth-order valence-corrected chi connectivity index (χ4v) is 4.47. The number of nitrogens with one attached hydrogen (secondary N) is 1. The van der Waals surface area contributed by atoms with E-state index in [1.54, 1.807) is 25.1 Å². The maximum absolute atomic E-state index is 13.4. The summed E-state index contributed by atoms with van der Waals surface area (Å²) in [6.45, 7) is 3.63. The van der Waals surface area contributed by atoms with E-state index in [0.29, 0.717) is 27.2 Å². The largest absolute Gasteiger partial charge is 0.354 e. The van der Waals surface area contributed by atoms with Crippen molar-refractivity contribution in [3.05, 3.63) is 63.1 Å². The van der Waals surface area contributed by atoms with E-state index in [0.717, 1.165) is 23.4 Å². The van der Waals surface area contributed by atoms with Crippen LogP contribution in [0, 0.1) is 0 Å². The number of carbonyl (C=O) groups is 2. The Bertz CT molecular complexity index is 1110. The summed E-state index contributed by atoms with van der Waals surface area (Å²) in [6, 6.07) is 10.2. The third-order valence-corrected chi connectivity index (χ3v) is 7.26. The topological polar surface area (TPSA) is 86.8 Å². The lowest BCUT2D eigenvalue weighted by Gasteiger charge is -2.31. The standard InChI is InChI=1S/C23H28Cl3N3O4S/c1-4-5-12-27-23(31)16(2)28(14-17-6-11-20(25)21(26)13-17)22(30)15-29(34(3,32)33)19-9-7-18(24)8-10-19/h6-11,13,16H,4-5,12,14-15H2,1-3H3,(H,27,31)/t16-/m1/s1. The molecule has 34 heavy (non-hydrogen) atoms. The van der Waals surface area contributed by atoms with Crippen LogP contribution in [0.2, 0.25) is 15.1 Å². The van der Waals surface area contributed by atoms with Crippen LogP contribution in [-0.2, 0) is 26.2 Å². The monoisotopic (exact) mass is 547 g/mol. The minimum absolute atomic E-state index is 0.0380. The summed E-state index contributed by atoms with van der Waals surface area (Å²) in [5.41, 5.74) is 0.933. The van der Waals surface area contributed by atoms with Crippen molar-refractivity contribution in [2.24, 2.45) is 0 Å². The molecular weight excluding hydrogens is 521 g/mol. The van der Waals surface area contributed by atoms with Gasteiger partial charge in [0.25, 0.3) is 0 Å². The molecule has 0 radical (unpaired) electrons. The Labute approximate surface area is 216 Å². The van der Waals surface area contributed by atoms with E-state index in [1.165, 1.54) is 29.2 Å². The van der Waals surface area contributed by atoms with Gasteiger partial charge in [-0.1, -0.05) is 54.2 Å². The van der Waals surface area contributed by atoms with E-state index in [1.807, 2.05) is 6.92 Å². The predicted octanol–water partition coefficient (Wildman–Crippen LogP) is 4.75. The molecule has 0 bridgehead atoms. The van der Waals surface area contributed by atoms with Crippen LogP contribution in [-0.4, -0.2) is 50.5 Å². The normalized spacial score (nSPS) is 12.2. The summed E-state index contributed by atoms with van der Waals surface area (Å²) in [7, 11) is -3.80. The predicted molar refractivity (Wildman–Crippen MR) is 138 cm³/mol. The van der Waals surface area contributed by atoms with Crippen molar-refractivity contribution in [2.75, 3.05) is 23.7 Å². The van der Waals surface area contributed by atoms with Crippen LogP contribution >= 0.6 is 34.8 Å². The van der Waals surface area contributed by atoms with Crippen molar-refractivity contribution in [1.82, 2.24) is 10.2 Å². The number of hydrogen-bond acceptors (Lipinski definition) is 4. The molecule has 2 aromatic carbocycles. The number of halogens is 3. The molecule has 2 rings (SSSR count). The lowest BCUT2D eigenvalue weighted by atomic mass is 10.1. The van der Waals surface area contributed by atoms with Crippen LogP contribution in [0.4, 0.5) is 5.69 Å². The Morgan fingerprint density at radius 2 is 1.68 bits per heavy atom. The van der Waals surface area contributed by atoms with Crippen LogP contribution < -0.4 is 9.62 Å². The van der Waals surface area contributed by atoms with Crippen molar-refractivity contribution >= 4 is 62.3 Å². The van der Waals surface area contributed by atoms with Gasteiger partial charge in [0.2, 0.25) is 21.8 Å². The molecule has 2 aromatic rings. The van der Waals surface area contributed by atoms with Gasteiger partial charge in [-0.25, -0.2) is 8.42 Å². The zero-order valence-electron chi connectivity index (χ0n) is 19.2. The fourth-order valence-electron chi connectivity index (χ4n) is 3.17. The van der Waals surface area contributed by atoms with Gasteiger partial charge in [-0.2, -0.15) is 0 Å². The molecule has 0 spiro atoms. The highest BCUT2D eigenvalue weighted by Crippen LogP contribution is 2.25. The Balaban J connectivity index is 2.36. The van der Waals surface area contributed by atoms with Gasteiger partial charge in [0.05, 0.1) is 22.0 Å². The SMILES string of the molecule is CCCCNC(=O)[C@@H](C)N(Cc1ccc(Cl)c(Cl)c1)C(=O)CN(c1ccc(Cl)cc1)S(C)(=O)=O. The Kier molecular flexibility index (Phi) is 10.5. The van der Waals surface area contributed by atoms with Crippen molar-refractivity contribution in [2.45, 2.75) is 39.3 Å². The van der Waals surface area contributed by atoms with Gasteiger partial charge in [0, 0.05) is 18.1 Å². The number of nitrogens with zero attached hydrogens (tertiary/aromatic N) is 2. The van der Waals surface area contributed by atoms with Crippen LogP contribution in [0.25, 0.3) is 0 Å². The number of sulfonamides is 1. The summed E-state index contributed by atoms with van der Waals surface area (Å²) in [6.07, 6.45) is 2.72. The minimum atomic E-state index is -3.80. The Morgan fingerprint density at radius 3 is 2.24 bits per heavy atom. The first-order chi connectivity index (χ1) is 15.9. The Morgan fingerprint density at radius 1 is 1.03 bits per heavy atom. The first-order valence-electron chi connectivity index (χ1n) is 10.7. The summed E-state index contributed by atoms with van der Waals surface area (Å²) in [4.78, 5) is 27.5. The second-order valence-electron chi connectivity index (χ2n) is 7.84. The second kappa shape index (κ2) is 12.6. The molecule has 186 valence electrons. The molecule has 1 atom stereocenters. The van der Waals surface area contributed by atoms with Crippen molar-refractivity contribution in [3.63, 3.8) is 0 Å². The van der Waals surface area contributed by atoms with Gasteiger partial charge in [0.15, 0.2) is 0 Å². The van der Waals surface area contributed by atoms with Gasteiger partial charge in [-0.3, -0.25) is 13.9 Å². The highest BCUT2D eigenvalue weighted by Gasteiger charge is 2.30. The zero-order chi connectivity index (χ0) is 25.5. The summed E-state index contributed by atoms with van der Waals surface area (Å²) >= 11 is 18.1. The molecule has 0 aromatic heterocycles. The molecule has 0 saturated carbocycles. The number of hydrogen-bond donors (Lipinski definition) is 1. The van der Waals surface area contributed by atoms with Gasteiger partial charge in [0.1, 0.15) is 12.6 Å². The molecule has 0 heterocycles. The number of anilines is 1. The van der Waals surface area contributed by atoms with Crippen LogP contribution in [0.1, 0.15) is 32.3 Å². The van der Waals surface area contributed by atoms with E-state index in [-0.39, 0.29) is 18.1 Å². The van der Waals surface area contributed by atoms with E-state index in [2.05, 4.69) is 5.32 Å². The third kappa shape index (κ3) is 8.05. The molecule has 0 unspecified atom stereocenters. The fraction of sp³-hybridized carbons (Fsp3) is 0.391. The summed E-state index contributed by atoms with van der Waals surface area (Å²) in [5.74, 6) is -0.885. The quantitative estimate of drug-likeness (QED) is 0.411. The molecule has 0 saturated heterocycles. The third-order valence-electron chi connectivity index (χ3n) is 5.13. The molecule has 0 aliphatic carbocycles. The second-order valence-corrected chi connectivity index (χ2v) is 11.0. The number of carbonyl (C=O) groups excluding carboxylic acids is 2. The lowest BCUT2D eigenvalue weighted by Crippen LogP contribution is -2.51. The molecule has 11 heteroatoms. The number of unbranched alkanes of at least 4 members (excludes halogenated alkanes) is 1. The molecule has 2 amide bonds. The molecular formula is C23H28Cl3N3O4S. The first-order valence-corrected chi connectivity index (χ1v) is 13.7. The van der Waals surface area contributed by atoms with Crippen molar-refractivity contribution in [3.8, 4) is 0 Å². The van der Waals surface area contributed by atoms with Gasteiger partial charge < -0.3 is 10.2 Å². The van der Waals surface area contributed by atoms with Crippen LogP contribution in [0.5, 0.6) is 0 Å². The van der Waals surface area contributed by atoms with E-state index in [9.17, 15) is 18.0 Å². The van der Waals surface area contributed by atoms with Crippen LogP contribution in [0.15, 0.2) is 42.5 Å². The maximum atomic E-state index is 13.4. The van der Waals surface area contributed by atoms with E-state index >= 15 is 0 Å². The maximum Gasteiger partial charge on any atom is 0.244 e. The van der Waals surface area contributed by atoms with Gasteiger partial charge in [-0.15, -0.1) is 0 Å². The highest BCUT2D eigenvalue weighted by molar-refractivity contribution is 7.92. The molecule has 0 aliphatic heterocycles. The lowest BCUT2D eigenvalue weighted by molar-refractivity contribution is -0.139. The van der Waals surface area contributed by atoms with Gasteiger partial charge in [-0.05, 0) is 55.3 Å². The first kappa shape index (κ1) is 28.2.